The first-order valence-corrected chi connectivity index (χ1v) is 6.50. The zero-order valence-corrected chi connectivity index (χ0v) is 12.4. The predicted octanol–water partition coefficient (Wildman–Crippen LogP) is 1.22. The highest BCUT2D eigenvalue weighted by molar-refractivity contribution is 6.62. The number of carboxylic acid groups (broad SMARTS) is 1. The van der Waals surface area contributed by atoms with Crippen LogP contribution in [0.5, 0.6) is 5.75 Å². The van der Waals surface area contributed by atoms with Gasteiger partial charge in [-0.1, -0.05) is 0 Å². The van der Waals surface area contributed by atoms with Gasteiger partial charge < -0.3 is 19.2 Å². The van der Waals surface area contributed by atoms with Crippen molar-refractivity contribution >= 4 is 25.0 Å². The number of carboxylic acids is 1. The summed E-state index contributed by atoms with van der Waals surface area (Å²) in [4.78, 5) is 21.6. The maximum Gasteiger partial charge on any atom is 0.494 e. The number of hydrogen-bond acceptors (Lipinski definition) is 5. The van der Waals surface area contributed by atoms with Crippen molar-refractivity contribution in [2.24, 2.45) is 0 Å². The fourth-order valence-electron chi connectivity index (χ4n) is 1.98. The molecule has 0 bridgehead atoms. The van der Waals surface area contributed by atoms with Crippen LogP contribution in [-0.4, -0.2) is 35.9 Å². The summed E-state index contributed by atoms with van der Waals surface area (Å²) in [7, 11) is -0.719. The van der Waals surface area contributed by atoms with E-state index in [0.29, 0.717) is 5.46 Å². The second-order valence-corrected chi connectivity index (χ2v) is 5.90. The fraction of sp³-hybridized carbons (Fsp3) is 0.429. The third-order valence-electron chi connectivity index (χ3n) is 3.89. The van der Waals surface area contributed by atoms with Crippen LogP contribution in [0.2, 0.25) is 0 Å². The number of rotatable bonds is 4. The van der Waals surface area contributed by atoms with Crippen LogP contribution in [0.3, 0.4) is 0 Å². The van der Waals surface area contributed by atoms with E-state index in [0.717, 1.165) is 0 Å². The lowest BCUT2D eigenvalue weighted by Crippen LogP contribution is -2.41. The van der Waals surface area contributed by atoms with Crippen molar-refractivity contribution in [3.8, 4) is 5.75 Å². The molecule has 1 aromatic carbocycles. The van der Waals surface area contributed by atoms with Crippen molar-refractivity contribution in [1.82, 2.24) is 0 Å². The second-order valence-electron chi connectivity index (χ2n) is 5.90. The van der Waals surface area contributed by atoms with Crippen LogP contribution in [0.15, 0.2) is 18.2 Å². The van der Waals surface area contributed by atoms with Crippen molar-refractivity contribution in [2.75, 3.05) is 0 Å². The molecule has 1 aliphatic heterocycles. The van der Waals surface area contributed by atoms with Crippen LogP contribution in [-0.2, 0) is 14.1 Å². The van der Waals surface area contributed by atoms with E-state index < -0.39 is 24.3 Å². The minimum atomic E-state index is -1.12. The smallest absolute Gasteiger partial charge is 0.478 e. The summed E-state index contributed by atoms with van der Waals surface area (Å²) in [6.45, 7) is 7.84. The maximum absolute atomic E-state index is 11.2. The highest BCUT2D eigenvalue weighted by atomic mass is 16.7. The van der Waals surface area contributed by atoms with E-state index in [4.69, 9.17) is 19.2 Å². The number of benzene rings is 1. The van der Waals surface area contributed by atoms with Gasteiger partial charge in [-0.2, -0.15) is 0 Å². The van der Waals surface area contributed by atoms with Crippen molar-refractivity contribution in [1.29, 1.82) is 0 Å². The van der Waals surface area contributed by atoms with Crippen LogP contribution >= 0.6 is 0 Å². The molecule has 0 unspecified atom stereocenters. The third-order valence-corrected chi connectivity index (χ3v) is 3.89. The summed E-state index contributed by atoms with van der Waals surface area (Å²) >= 11 is 0. The lowest BCUT2D eigenvalue weighted by Gasteiger charge is -2.32. The van der Waals surface area contributed by atoms with Crippen molar-refractivity contribution < 1.29 is 28.7 Å². The Balaban J connectivity index is 2.40. The fourth-order valence-corrected chi connectivity index (χ4v) is 1.98. The second kappa shape index (κ2) is 5.16. The zero-order chi connectivity index (χ0) is 15.8. The van der Waals surface area contributed by atoms with Crippen molar-refractivity contribution in [2.45, 2.75) is 38.9 Å². The van der Waals surface area contributed by atoms with Crippen LogP contribution < -0.4 is 10.2 Å². The van der Waals surface area contributed by atoms with E-state index in [1.54, 1.807) is 0 Å². The van der Waals surface area contributed by atoms with Crippen LogP contribution in [0.1, 0.15) is 38.1 Å². The standard InChI is InChI=1S/C14H17BO6/c1-13(2)14(3,4)21-15(20-13)10-5-9(12(17)18)6-11(7-10)19-8-16/h5-8H,1-4H3,(H,17,18). The first-order chi connectivity index (χ1) is 9.66. The lowest BCUT2D eigenvalue weighted by molar-refractivity contribution is -0.120. The predicted molar refractivity (Wildman–Crippen MR) is 75.8 cm³/mol. The normalized spacial score (nSPS) is 19.3. The first kappa shape index (κ1) is 15.5. The first-order valence-electron chi connectivity index (χ1n) is 6.50. The van der Waals surface area contributed by atoms with E-state index in [2.05, 4.69) is 0 Å². The average Bonchev–Trinajstić information content (AvgIpc) is 2.58. The Hall–Kier alpha value is -1.86. The van der Waals surface area contributed by atoms with Crippen molar-refractivity contribution in [3.05, 3.63) is 23.8 Å². The van der Waals surface area contributed by atoms with Crippen LogP contribution in [0, 0.1) is 0 Å². The molecule has 0 amide bonds. The molecule has 0 atom stereocenters. The number of hydrogen-bond donors (Lipinski definition) is 1. The summed E-state index contributed by atoms with van der Waals surface area (Å²) in [5, 5.41) is 9.12. The van der Waals surface area contributed by atoms with Crippen LogP contribution in [0.4, 0.5) is 0 Å². The number of carbonyl (C=O) groups excluding carboxylic acids is 1. The van der Waals surface area contributed by atoms with Gasteiger partial charge in [-0.15, -0.1) is 0 Å². The summed E-state index contributed by atoms with van der Waals surface area (Å²) < 4.78 is 16.5. The molecule has 112 valence electrons. The van der Waals surface area contributed by atoms with Gasteiger partial charge in [0.25, 0.3) is 6.47 Å². The van der Waals surface area contributed by atoms with Crippen LogP contribution in [0.25, 0.3) is 0 Å². The van der Waals surface area contributed by atoms with Gasteiger partial charge in [-0.05, 0) is 51.4 Å². The Morgan fingerprint density at radius 1 is 1.19 bits per heavy atom. The molecule has 0 radical (unpaired) electrons. The van der Waals surface area contributed by atoms with Gasteiger partial charge in [0, 0.05) is 0 Å². The Morgan fingerprint density at radius 3 is 2.24 bits per heavy atom. The Kier molecular flexibility index (Phi) is 3.82. The monoisotopic (exact) mass is 292 g/mol. The Labute approximate surface area is 123 Å². The van der Waals surface area contributed by atoms with Gasteiger partial charge >= 0.3 is 13.1 Å². The van der Waals surface area contributed by atoms with Gasteiger partial charge in [0.1, 0.15) is 5.75 Å². The molecule has 2 rings (SSSR count). The number of carbonyl (C=O) groups is 2. The number of ether oxygens (including phenoxy) is 1. The molecule has 7 heteroatoms. The highest BCUT2D eigenvalue weighted by Crippen LogP contribution is 2.36. The van der Waals surface area contributed by atoms with E-state index in [-0.39, 0.29) is 17.8 Å². The Bertz CT molecular complexity index is 565. The maximum atomic E-state index is 11.2. The van der Waals surface area contributed by atoms with Gasteiger partial charge in [0.15, 0.2) is 0 Å². The summed E-state index contributed by atoms with van der Waals surface area (Å²) in [6.07, 6.45) is 0. The molecule has 0 aromatic heterocycles. The molecular weight excluding hydrogens is 275 g/mol. The molecule has 0 aliphatic carbocycles. The third kappa shape index (κ3) is 2.93. The molecule has 1 N–H and O–H groups in total. The van der Waals surface area contributed by atoms with E-state index in [9.17, 15) is 9.59 Å². The van der Waals surface area contributed by atoms with Gasteiger partial charge in [0.2, 0.25) is 0 Å². The molecule has 21 heavy (non-hydrogen) atoms. The molecular formula is C14H17BO6. The lowest BCUT2D eigenvalue weighted by atomic mass is 9.78. The van der Waals surface area contributed by atoms with E-state index in [1.165, 1.54) is 18.2 Å². The average molecular weight is 292 g/mol. The highest BCUT2D eigenvalue weighted by Gasteiger charge is 2.51. The molecule has 1 saturated heterocycles. The molecule has 0 spiro atoms. The Morgan fingerprint density at radius 2 is 1.76 bits per heavy atom. The summed E-state index contributed by atoms with van der Waals surface area (Å²) in [6, 6.07) is 4.25. The van der Waals surface area contributed by atoms with Gasteiger partial charge in [0.05, 0.1) is 16.8 Å². The van der Waals surface area contributed by atoms with Gasteiger partial charge in [-0.3, -0.25) is 4.79 Å². The molecule has 6 nitrogen and oxygen atoms in total. The minimum absolute atomic E-state index is 0.000868. The SMILES string of the molecule is CC1(C)OB(c2cc(OC=O)cc(C(=O)O)c2)OC1(C)C. The van der Waals surface area contributed by atoms with E-state index >= 15 is 0 Å². The van der Waals surface area contributed by atoms with Crippen molar-refractivity contribution in [3.63, 3.8) is 0 Å². The molecule has 1 fully saturated rings. The molecule has 0 saturated carbocycles. The largest absolute Gasteiger partial charge is 0.494 e. The summed E-state index contributed by atoms with van der Waals surface area (Å²) in [5.41, 5.74) is -0.588. The number of aromatic carboxylic acids is 1. The molecule has 1 aliphatic rings. The van der Waals surface area contributed by atoms with E-state index in [1.807, 2.05) is 27.7 Å². The molecule has 1 heterocycles. The zero-order valence-electron chi connectivity index (χ0n) is 12.4. The quantitative estimate of drug-likeness (QED) is 0.663. The topological polar surface area (TPSA) is 82.1 Å². The molecule has 1 aromatic rings. The summed E-state index contributed by atoms with van der Waals surface area (Å²) in [5.74, 6) is -0.987. The van der Waals surface area contributed by atoms with Gasteiger partial charge in [-0.25, -0.2) is 4.79 Å². The minimum Gasteiger partial charge on any atom is -0.478 e.